The highest BCUT2D eigenvalue weighted by molar-refractivity contribution is 5.27. The minimum absolute atomic E-state index is 0.00532. The van der Waals surface area contributed by atoms with Crippen molar-refractivity contribution in [3.05, 3.63) is 35.1 Å². The van der Waals surface area contributed by atoms with Gasteiger partial charge in [-0.1, -0.05) is 6.07 Å². The summed E-state index contributed by atoms with van der Waals surface area (Å²) < 4.78 is 77.9. The van der Waals surface area contributed by atoms with E-state index in [4.69, 9.17) is 5.73 Å². The maximum atomic E-state index is 12.9. The maximum Gasteiger partial charge on any atom is 0.455 e. The van der Waals surface area contributed by atoms with Crippen molar-refractivity contribution in [2.45, 2.75) is 25.3 Å². The molecule has 0 fully saturated rings. The van der Waals surface area contributed by atoms with E-state index in [1.54, 1.807) is 0 Å². The highest BCUT2D eigenvalue weighted by atomic mass is 19.4. The first-order chi connectivity index (χ1) is 8.67. The number of benzene rings is 1. The van der Waals surface area contributed by atoms with Crippen molar-refractivity contribution in [2.75, 3.05) is 6.61 Å². The van der Waals surface area contributed by atoms with Gasteiger partial charge < -0.3 is 10.5 Å². The van der Waals surface area contributed by atoms with Crippen LogP contribution in [0.4, 0.5) is 26.3 Å². The Morgan fingerprint density at radius 3 is 2.21 bits per heavy atom. The summed E-state index contributed by atoms with van der Waals surface area (Å²) in [6.07, 6.45) is -5.67. The lowest BCUT2D eigenvalue weighted by atomic mass is 10.1. The Morgan fingerprint density at radius 2 is 1.68 bits per heavy atom. The number of hydrogen-bond donors (Lipinski definition) is 1. The van der Waals surface area contributed by atoms with Crippen molar-refractivity contribution in [2.24, 2.45) is 5.73 Å². The molecule has 0 aliphatic rings. The molecule has 0 bridgehead atoms. The van der Waals surface area contributed by atoms with Crippen molar-refractivity contribution in [1.82, 2.24) is 0 Å². The van der Waals surface area contributed by atoms with E-state index in [0.717, 1.165) is 12.1 Å². The third-order valence-corrected chi connectivity index (χ3v) is 2.34. The predicted octanol–water partition coefficient (Wildman–Crippen LogP) is 3.00. The third kappa shape index (κ3) is 4.10. The number of halogens is 6. The van der Waals surface area contributed by atoms with Crippen LogP contribution in [0.2, 0.25) is 0 Å². The van der Waals surface area contributed by atoms with Gasteiger partial charge in [-0.25, -0.2) is 4.39 Å². The zero-order valence-corrected chi connectivity index (χ0v) is 9.61. The number of nitrogens with two attached hydrogens (primary N) is 1. The zero-order chi connectivity index (χ0) is 14.7. The van der Waals surface area contributed by atoms with Crippen molar-refractivity contribution >= 4 is 0 Å². The topological polar surface area (TPSA) is 35.2 Å². The molecule has 2 nitrogen and oxygen atoms in total. The van der Waals surface area contributed by atoms with Crippen LogP contribution in [0.1, 0.15) is 11.1 Å². The van der Waals surface area contributed by atoms with Crippen LogP contribution in [0.25, 0.3) is 0 Å². The SMILES string of the molecule is NCc1ccc(F)cc1COCC(F)(F)C(F)(F)F. The summed E-state index contributed by atoms with van der Waals surface area (Å²) in [6.45, 7) is -2.40. The first-order valence-electron chi connectivity index (χ1n) is 5.17. The molecule has 0 saturated heterocycles. The van der Waals surface area contributed by atoms with Crippen LogP contribution in [0.3, 0.4) is 0 Å². The molecule has 0 spiro atoms. The second-order valence-electron chi connectivity index (χ2n) is 3.81. The fraction of sp³-hybridized carbons (Fsp3) is 0.455. The second kappa shape index (κ2) is 5.79. The van der Waals surface area contributed by atoms with E-state index >= 15 is 0 Å². The summed E-state index contributed by atoms with van der Waals surface area (Å²) in [5.41, 5.74) is 5.87. The van der Waals surface area contributed by atoms with Crippen molar-refractivity contribution in [1.29, 1.82) is 0 Å². The van der Waals surface area contributed by atoms with E-state index in [2.05, 4.69) is 4.74 Å². The van der Waals surface area contributed by atoms with Gasteiger partial charge in [0, 0.05) is 6.54 Å². The molecular weight excluding hydrogens is 276 g/mol. The summed E-state index contributed by atoms with van der Waals surface area (Å²) >= 11 is 0. The van der Waals surface area contributed by atoms with Crippen LogP contribution >= 0.6 is 0 Å². The van der Waals surface area contributed by atoms with Gasteiger partial charge in [0.15, 0.2) is 0 Å². The zero-order valence-electron chi connectivity index (χ0n) is 9.61. The molecule has 19 heavy (non-hydrogen) atoms. The lowest BCUT2D eigenvalue weighted by Gasteiger charge is -2.19. The molecule has 1 aromatic carbocycles. The van der Waals surface area contributed by atoms with Crippen LogP contribution in [-0.4, -0.2) is 18.7 Å². The van der Waals surface area contributed by atoms with E-state index in [0.29, 0.717) is 5.56 Å². The summed E-state index contributed by atoms with van der Waals surface area (Å²) in [6, 6.07) is 3.40. The Labute approximate surface area is 105 Å². The Morgan fingerprint density at radius 1 is 1.05 bits per heavy atom. The molecule has 108 valence electrons. The molecule has 0 aliphatic heterocycles. The van der Waals surface area contributed by atoms with E-state index in [1.807, 2.05) is 0 Å². The van der Waals surface area contributed by atoms with E-state index in [9.17, 15) is 26.3 Å². The average molecular weight is 287 g/mol. The molecule has 0 radical (unpaired) electrons. The van der Waals surface area contributed by atoms with Crippen molar-refractivity contribution in [3.63, 3.8) is 0 Å². The Bertz CT molecular complexity index is 432. The molecule has 0 heterocycles. The monoisotopic (exact) mass is 287 g/mol. The number of ether oxygens (including phenoxy) is 1. The fourth-order valence-electron chi connectivity index (χ4n) is 1.30. The summed E-state index contributed by atoms with van der Waals surface area (Å²) in [5, 5.41) is 0. The molecular formula is C11H11F6NO. The van der Waals surface area contributed by atoms with Crippen LogP contribution < -0.4 is 5.73 Å². The average Bonchev–Trinajstić information content (AvgIpc) is 2.27. The van der Waals surface area contributed by atoms with Gasteiger partial charge in [0.25, 0.3) is 0 Å². The van der Waals surface area contributed by atoms with Crippen LogP contribution in [0.5, 0.6) is 0 Å². The highest BCUT2D eigenvalue weighted by Crippen LogP contribution is 2.35. The molecule has 0 unspecified atom stereocenters. The summed E-state index contributed by atoms with van der Waals surface area (Å²) in [4.78, 5) is 0. The lowest BCUT2D eigenvalue weighted by molar-refractivity contribution is -0.297. The second-order valence-corrected chi connectivity index (χ2v) is 3.81. The molecule has 0 atom stereocenters. The minimum Gasteiger partial charge on any atom is -0.370 e. The molecule has 2 N–H and O–H groups in total. The summed E-state index contributed by atoms with van der Waals surface area (Å²) in [5.74, 6) is -5.60. The Kier molecular flexibility index (Phi) is 4.81. The number of rotatable bonds is 5. The smallest absolute Gasteiger partial charge is 0.370 e. The van der Waals surface area contributed by atoms with Gasteiger partial charge in [0.05, 0.1) is 6.61 Å². The van der Waals surface area contributed by atoms with Gasteiger partial charge in [0.1, 0.15) is 12.4 Å². The Hall–Kier alpha value is -1.28. The molecule has 0 aromatic heterocycles. The normalized spacial score (nSPS) is 12.8. The van der Waals surface area contributed by atoms with Gasteiger partial charge in [0.2, 0.25) is 0 Å². The number of alkyl halides is 5. The molecule has 8 heteroatoms. The fourth-order valence-corrected chi connectivity index (χ4v) is 1.30. The quantitative estimate of drug-likeness (QED) is 0.845. The van der Waals surface area contributed by atoms with Gasteiger partial charge >= 0.3 is 12.1 Å². The van der Waals surface area contributed by atoms with Gasteiger partial charge in [-0.3, -0.25) is 0 Å². The predicted molar refractivity (Wildman–Crippen MR) is 54.9 cm³/mol. The van der Waals surface area contributed by atoms with E-state index in [1.165, 1.54) is 6.07 Å². The largest absolute Gasteiger partial charge is 0.455 e. The molecule has 0 amide bonds. The van der Waals surface area contributed by atoms with E-state index < -0.39 is 31.1 Å². The van der Waals surface area contributed by atoms with Crippen LogP contribution in [0, 0.1) is 5.82 Å². The van der Waals surface area contributed by atoms with Crippen molar-refractivity contribution in [3.8, 4) is 0 Å². The van der Waals surface area contributed by atoms with Gasteiger partial charge in [-0.05, 0) is 23.3 Å². The van der Waals surface area contributed by atoms with Crippen molar-refractivity contribution < 1.29 is 31.1 Å². The first kappa shape index (κ1) is 15.8. The molecule has 0 saturated carbocycles. The van der Waals surface area contributed by atoms with Gasteiger partial charge in [-0.2, -0.15) is 22.0 Å². The Balaban J connectivity index is 2.66. The molecule has 1 aromatic rings. The molecule has 0 aliphatic carbocycles. The van der Waals surface area contributed by atoms with E-state index in [-0.39, 0.29) is 12.1 Å². The first-order valence-corrected chi connectivity index (χ1v) is 5.17. The van der Waals surface area contributed by atoms with Crippen LogP contribution in [0.15, 0.2) is 18.2 Å². The summed E-state index contributed by atoms with van der Waals surface area (Å²) in [7, 11) is 0. The maximum absolute atomic E-state index is 12.9. The number of hydrogen-bond acceptors (Lipinski definition) is 2. The minimum atomic E-state index is -5.67. The lowest BCUT2D eigenvalue weighted by Crippen LogP contribution is -2.40. The third-order valence-electron chi connectivity index (χ3n) is 2.34. The standard InChI is InChI=1S/C11H11F6NO/c12-9-2-1-7(4-18)8(3-9)5-19-6-10(13,14)11(15,16)17/h1-3H,4-6,18H2. The highest BCUT2D eigenvalue weighted by Gasteiger charge is 2.57. The van der Waals surface area contributed by atoms with Crippen LogP contribution in [-0.2, 0) is 17.9 Å². The molecule has 1 rings (SSSR count). The van der Waals surface area contributed by atoms with Gasteiger partial charge in [-0.15, -0.1) is 0 Å².